The van der Waals surface area contributed by atoms with Gasteiger partial charge in [-0.1, -0.05) is 36.5 Å². The van der Waals surface area contributed by atoms with E-state index in [0.717, 1.165) is 18.4 Å². The topological polar surface area (TPSA) is 66.4 Å². The van der Waals surface area contributed by atoms with Gasteiger partial charge in [0.2, 0.25) is 5.91 Å². The lowest BCUT2D eigenvalue weighted by Crippen LogP contribution is -2.22. The molecule has 0 fully saturated rings. The number of nitrogens with one attached hydrogen (secondary N) is 1. The Labute approximate surface area is 124 Å². The smallest absolute Gasteiger partial charge is 0.303 e. The molecule has 1 aromatic rings. The Morgan fingerprint density at radius 2 is 1.90 bits per heavy atom. The Morgan fingerprint density at radius 1 is 1.14 bits per heavy atom. The molecule has 110 valence electrons. The molecule has 0 aliphatic heterocycles. The number of carboxylic acids is 1. The molecule has 4 heteroatoms. The molecule has 1 rings (SSSR count). The highest BCUT2D eigenvalue weighted by atomic mass is 16.4. The van der Waals surface area contributed by atoms with Crippen LogP contribution in [0.1, 0.15) is 31.2 Å². The summed E-state index contributed by atoms with van der Waals surface area (Å²) in [5.41, 5.74) is 0.904. The fourth-order valence-electron chi connectivity index (χ4n) is 1.61. The summed E-state index contributed by atoms with van der Waals surface area (Å²) in [7, 11) is 0. The highest BCUT2D eigenvalue weighted by Gasteiger charge is 1.97. The maximum atomic E-state index is 11.4. The fourth-order valence-corrected chi connectivity index (χ4v) is 1.61. The summed E-state index contributed by atoms with van der Waals surface area (Å²) < 4.78 is 0. The van der Waals surface area contributed by atoms with Crippen molar-refractivity contribution in [1.82, 2.24) is 5.32 Å². The number of allylic oxidation sites excluding steroid dienone is 1. The first-order valence-electron chi connectivity index (χ1n) is 6.91. The van der Waals surface area contributed by atoms with E-state index in [1.54, 1.807) is 0 Å². The van der Waals surface area contributed by atoms with Crippen LogP contribution >= 0.6 is 0 Å². The molecule has 0 unspecified atom stereocenters. The summed E-state index contributed by atoms with van der Waals surface area (Å²) in [5.74, 6) is 4.76. The molecular formula is C17H19NO3. The van der Waals surface area contributed by atoms with Gasteiger partial charge < -0.3 is 10.4 Å². The zero-order valence-electron chi connectivity index (χ0n) is 11.8. The highest BCUT2D eigenvalue weighted by Crippen LogP contribution is 1.98. The normalized spacial score (nSPS) is 9.90. The Kier molecular flexibility index (Phi) is 8.08. The molecule has 0 aliphatic carbocycles. The summed E-state index contributed by atoms with van der Waals surface area (Å²) in [6.45, 7) is 0.551. The Bertz CT molecular complexity index is 538. The third-order valence-corrected chi connectivity index (χ3v) is 2.67. The van der Waals surface area contributed by atoms with Gasteiger partial charge >= 0.3 is 5.97 Å². The van der Waals surface area contributed by atoms with Gasteiger partial charge in [-0.25, -0.2) is 0 Å². The molecule has 0 heterocycles. The van der Waals surface area contributed by atoms with Gasteiger partial charge in [0.05, 0.1) is 0 Å². The molecule has 0 saturated heterocycles. The van der Waals surface area contributed by atoms with Gasteiger partial charge in [-0.15, -0.1) is 0 Å². The second kappa shape index (κ2) is 10.3. The quantitative estimate of drug-likeness (QED) is 0.459. The average Bonchev–Trinajstić information content (AvgIpc) is 2.48. The average molecular weight is 285 g/mol. The van der Waals surface area contributed by atoms with Crippen LogP contribution in [0.5, 0.6) is 0 Å². The monoisotopic (exact) mass is 285 g/mol. The van der Waals surface area contributed by atoms with E-state index in [9.17, 15) is 9.59 Å². The Hall–Kier alpha value is -2.54. The van der Waals surface area contributed by atoms with Gasteiger partial charge in [0.15, 0.2) is 0 Å². The van der Waals surface area contributed by atoms with Crippen LogP contribution in [0.25, 0.3) is 0 Å². The summed E-state index contributed by atoms with van der Waals surface area (Å²) in [4.78, 5) is 21.7. The molecule has 0 saturated carbocycles. The van der Waals surface area contributed by atoms with Crippen molar-refractivity contribution >= 4 is 11.9 Å². The molecule has 1 aromatic carbocycles. The minimum absolute atomic E-state index is 0.183. The van der Waals surface area contributed by atoms with E-state index in [2.05, 4.69) is 17.2 Å². The van der Waals surface area contributed by atoms with Crippen molar-refractivity contribution in [1.29, 1.82) is 0 Å². The lowest BCUT2D eigenvalue weighted by molar-refractivity contribution is -0.137. The van der Waals surface area contributed by atoms with Crippen LogP contribution < -0.4 is 5.32 Å². The lowest BCUT2D eigenvalue weighted by atomic mass is 10.2. The van der Waals surface area contributed by atoms with Crippen LogP contribution in [0.3, 0.4) is 0 Å². The van der Waals surface area contributed by atoms with E-state index >= 15 is 0 Å². The van der Waals surface area contributed by atoms with Gasteiger partial charge in [-0.3, -0.25) is 9.59 Å². The first-order chi connectivity index (χ1) is 10.2. The number of hydrogen-bond acceptors (Lipinski definition) is 2. The van der Waals surface area contributed by atoms with E-state index in [4.69, 9.17) is 5.11 Å². The molecule has 0 aromatic heterocycles. The predicted octanol–water partition coefficient (Wildman–Crippen LogP) is 2.36. The second-order valence-electron chi connectivity index (χ2n) is 4.46. The number of carbonyl (C=O) groups excluding carboxylic acids is 1. The minimum atomic E-state index is -0.779. The number of carboxylic acid groups (broad SMARTS) is 1. The van der Waals surface area contributed by atoms with E-state index in [0.29, 0.717) is 13.0 Å². The second-order valence-corrected chi connectivity index (χ2v) is 4.46. The van der Waals surface area contributed by atoms with Crippen LogP contribution in [-0.4, -0.2) is 23.5 Å². The van der Waals surface area contributed by atoms with Gasteiger partial charge in [0.25, 0.3) is 0 Å². The molecule has 0 bridgehead atoms. The van der Waals surface area contributed by atoms with Crippen molar-refractivity contribution in [2.24, 2.45) is 0 Å². The van der Waals surface area contributed by atoms with E-state index in [1.807, 2.05) is 30.3 Å². The molecule has 0 spiro atoms. The zero-order chi connectivity index (χ0) is 15.3. The summed E-state index contributed by atoms with van der Waals surface area (Å²) in [6, 6.07) is 9.54. The number of aliphatic carboxylic acids is 1. The first-order valence-corrected chi connectivity index (χ1v) is 6.91. The van der Waals surface area contributed by atoms with Crippen LogP contribution in [0.2, 0.25) is 0 Å². The SMILES string of the molecule is O=C(O)CCCCCNC(=O)/C=C/C#Cc1ccccc1. The Balaban J connectivity index is 2.15. The summed E-state index contributed by atoms with van der Waals surface area (Å²) >= 11 is 0. The molecule has 0 aliphatic rings. The molecule has 0 atom stereocenters. The van der Waals surface area contributed by atoms with Crippen LogP contribution in [0.4, 0.5) is 0 Å². The van der Waals surface area contributed by atoms with E-state index in [-0.39, 0.29) is 12.3 Å². The number of rotatable bonds is 7. The Morgan fingerprint density at radius 3 is 2.62 bits per heavy atom. The van der Waals surface area contributed by atoms with Crippen molar-refractivity contribution in [3.05, 3.63) is 48.0 Å². The van der Waals surface area contributed by atoms with Crippen LogP contribution in [0.15, 0.2) is 42.5 Å². The predicted molar refractivity (Wildman–Crippen MR) is 81.6 cm³/mol. The van der Waals surface area contributed by atoms with Crippen LogP contribution in [0, 0.1) is 11.8 Å². The van der Waals surface area contributed by atoms with E-state index < -0.39 is 5.97 Å². The minimum Gasteiger partial charge on any atom is -0.481 e. The van der Waals surface area contributed by atoms with Crippen molar-refractivity contribution in [3.63, 3.8) is 0 Å². The van der Waals surface area contributed by atoms with Gasteiger partial charge in [-0.2, -0.15) is 0 Å². The standard InChI is InChI=1S/C17H19NO3/c19-16(18-14-8-2-5-13-17(20)21)12-7-6-11-15-9-3-1-4-10-15/h1,3-4,7,9-10,12H,2,5,8,13-14H2,(H,18,19)(H,20,21)/b12-7+. The molecule has 4 nitrogen and oxygen atoms in total. The number of hydrogen-bond donors (Lipinski definition) is 2. The number of carbonyl (C=O) groups is 2. The summed E-state index contributed by atoms with van der Waals surface area (Å²) in [6.07, 6.45) is 5.32. The van der Waals surface area contributed by atoms with Gasteiger partial charge in [0.1, 0.15) is 0 Å². The summed E-state index contributed by atoms with van der Waals surface area (Å²) in [5, 5.41) is 11.2. The van der Waals surface area contributed by atoms with Crippen LogP contribution in [-0.2, 0) is 9.59 Å². The molecular weight excluding hydrogens is 266 g/mol. The van der Waals surface area contributed by atoms with E-state index in [1.165, 1.54) is 12.2 Å². The lowest BCUT2D eigenvalue weighted by Gasteiger charge is -2.00. The number of unbranched alkanes of at least 4 members (excludes halogenated alkanes) is 2. The molecule has 1 amide bonds. The number of benzene rings is 1. The largest absolute Gasteiger partial charge is 0.481 e. The van der Waals surface area contributed by atoms with Crippen molar-refractivity contribution in [2.45, 2.75) is 25.7 Å². The number of amides is 1. The molecule has 21 heavy (non-hydrogen) atoms. The van der Waals surface area contributed by atoms with Gasteiger partial charge in [0, 0.05) is 24.6 Å². The maximum Gasteiger partial charge on any atom is 0.303 e. The first kappa shape index (κ1) is 16.5. The van der Waals surface area contributed by atoms with Crippen molar-refractivity contribution < 1.29 is 14.7 Å². The maximum absolute atomic E-state index is 11.4. The molecule has 2 N–H and O–H groups in total. The molecule has 0 radical (unpaired) electrons. The zero-order valence-corrected chi connectivity index (χ0v) is 11.8. The highest BCUT2D eigenvalue weighted by molar-refractivity contribution is 5.87. The fraction of sp³-hybridized carbons (Fsp3) is 0.294. The van der Waals surface area contributed by atoms with Crippen molar-refractivity contribution in [2.75, 3.05) is 6.54 Å². The van der Waals surface area contributed by atoms with Crippen molar-refractivity contribution in [3.8, 4) is 11.8 Å². The van der Waals surface area contributed by atoms with Gasteiger partial charge in [-0.05, 0) is 31.1 Å². The third kappa shape index (κ3) is 9.06. The third-order valence-electron chi connectivity index (χ3n) is 2.67.